The lowest BCUT2D eigenvalue weighted by molar-refractivity contribution is -0.142. The van der Waals surface area contributed by atoms with Gasteiger partial charge >= 0.3 is 5.97 Å². The molecule has 2 heterocycles. The Morgan fingerprint density at radius 2 is 2.16 bits per heavy atom. The van der Waals surface area contributed by atoms with Crippen LogP contribution in [0, 0.1) is 12.8 Å². The van der Waals surface area contributed by atoms with Gasteiger partial charge in [-0.25, -0.2) is 13.9 Å². The van der Waals surface area contributed by atoms with Crippen molar-refractivity contribution in [2.75, 3.05) is 25.4 Å². The minimum absolute atomic E-state index is 0.401. The maximum atomic E-state index is 12.9. The molecule has 1 aromatic rings. The lowest BCUT2D eigenvalue weighted by atomic mass is 10.1. The molecule has 1 saturated carbocycles. The first kappa shape index (κ1) is 18.4. The molecule has 1 atom stereocenters. The number of aliphatic carboxylic acids is 1. The number of carboxylic acids is 1. The van der Waals surface area contributed by atoms with Crippen molar-refractivity contribution in [3.8, 4) is 0 Å². The molecule has 25 heavy (non-hydrogen) atoms. The quantitative estimate of drug-likeness (QED) is 0.751. The van der Waals surface area contributed by atoms with Gasteiger partial charge in [0.2, 0.25) is 4.87 Å². The van der Waals surface area contributed by atoms with Crippen molar-refractivity contribution in [2.24, 2.45) is 5.92 Å². The Bertz CT molecular complexity index is 716. The summed E-state index contributed by atoms with van der Waals surface area (Å²) in [5, 5.41) is 14.1. The minimum atomic E-state index is -1.41. The number of thioether (sulfide) groups is 1. The number of hydrogen-bond acceptors (Lipinski definition) is 5. The number of hydrogen-bond donors (Lipinski definition) is 1. The summed E-state index contributed by atoms with van der Waals surface area (Å²) in [6, 6.07) is 1.45. The zero-order valence-electron chi connectivity index (χ0n) is 14.6. The normalized spacial score (nSPS) is 20.9. The first-order valence-corrected chi connectivity index (χ1v) is 9.62. The standard InChI is InChI=1S/C17H24FN3O3S/c1-11-7-15(22)21(17(2,16(23)24)25-10-12-3-4-12)19-14(11)5-6-20-8-13(18)9-20/h7,12-13H,3-6,8-10H2,1-2H3,(H,23,24). The third-order valence-electron chi connectivity index (χ3n) is 4.90. The Hall–Kier alpha value is -1.41. The zero-order chi connectivity index (χ0) is 18.2. The van der Waals surface area contributed by atoms with Crippen molar-refractivity contribution < 1.29 is 14.3 Å². The minimum Gasteiger partial charge on any atom is -0.479 e. The van der Waals surface area contributed by atoms with Gasteiger partial charge in [0.05, 0.1) is 5.69 Å². The predicted molar refractivity (Wildman–Crippen MR) is 94.7 cm³/mol. The Labute approximate surface area is 150 Å². The van der Waals surface area contributed by atoms with E-state index in [2.05, 4.69) is 5.10 Å². The fraction of sp³-hybridized carbons (Fsp3) is 0.706. The van der Waals surface area contributed by atoms with Crippen molar-refractivity contribution in [1.82, 2.24) is 14.7 Å². The molecule has 1 unspecified atom stereocenters. The van der Waals surface area contributed by atoms with E-state index in [0.717, 1.165) is 23.1 Å². The van der Waals surface area contributed by atoms with Crippen LogP contribution < -0.4 is 5.56 Å². The van der Waals surface area contributed by atoms with Crippen molar-refractivity contribution in [1.29, 1.82) is 0 Å². The van der Waals surface area contributed by atoms with Crippen molar-refractivity contribution >= 4 is 17.7 Å². The van der Waals surface area contributed by atoms with E-state index in [1.807, 2.05) is 4.90 Å². The maximum Gasteiger partial charge on any atom is 0.342 e. The van der Waals surface area contributed by atoms with Crippen LogP contribution in [0.3, 0.4) is 0 Å². The van der Waals surface area contributed by atoms with Crippen LogP contribution in [0.2, 0.25) is 0 Å². The van der Waals surface area contributed by atoms with Crippen LogP contribution in [0.5, 0.6) is 0 Å². The molecule has 1 aliphatic heterocycles. The Morgan fingerprint density at radius 1 is 1.48 bits per heavy atom. The molecule has 138 valence electrons. The van der Waals surface area contributed by atoms with E-state index >= 15 is 0 Å². The molecule has 1 saturated heterocycles. The smallest absolute Gasteiger partial charge is 0.342 e. The third-order valence-corrected chi connectivity index (χ3v) is 6.45. The largest absolute Gasteiger partial charge is 0.479 e. The van der Waals surface area contributed by atoms with Gasteiger partial charge in [-0.2, -0.15) is 5.10 Å². The van der Waals surface area contributed by atoms with Crippen LogP contribution in [0.4, 0.5) is 4.39 Å². The number of nitrogens with zero attached hydrogens (tertiary/aromatic N) is 3. The summed E-state index contributed by atoms with van der Waals surface area (Å²) >= 11 is 1.27. The van der Waals surface area contributed by atoms with E-state index in [-0.39, 0.29) is 0 Å². The molecule has 0 spiro atoms. The van der Waals surface area contributed by atoms with Gasteiger partial charge in [-0.05, 0) is 43.9 Å². The van der Waals surface area contributed by atoms with Crippen LogP contribution in [0.25, 0.3) is 0 Å². The topological polar surface area (TPSA) is 75.4 Å². The van der Waals surface area contributed by atoms with Crippen LogP contribution in [0.1, 0.15) is 31.0 Å². The number of rotatable bonds is 8. The first-order chi connectivity index (χ1) is 11.8. The van der Waals surface area contributed by atoms with Gasteiger partial charge in [0, 0.05) is 32.1 Å². The van der Waals surface area contributed by atoms with E-state index < -0.39 is 22.6 Å². The summed E-state index contributed by atoms with van der Waals surface area (Å²) in [6.07, 6.45) is 2.06. The number of halogens is 1. The Morgan fingerprint density at radius 3 is 2.72 bits per heavy atom. The molecule has 1 aliphatic carbocycles. The van der Waals surface area contributed by atoms with Crippen LogP contribution in [0.15, 0.2) is 10.9 Å². The molecule has 1 N–H and O–H groups in total. The second-order valence-electron chi connectivity index (χ2n) is 7.17. The van der Waals surface area contributed by atoms with Gasteiger partial charge in [-0.3, -0.25) is 9.69 Å². The number of likely N-dealkylation sites (tertiary alicyclic amines) is 1. The summed E-state index contributed by atoms with van der Waals surface area (Å²) in [7, 11) is 0. The predicted octanol–water partition coefficient (Wildman–Crippen LogP) is 1.65. The highest BCUT2D eigenvalue weighted by atomic mass is 32.2. The number of alkyl halides is 1. The van der Waals surface area contributed by atoms with Crippen LogP contribution in [-0.4, -0.2) is 57.3 Å². The number of aryl methyl sites for hydroxylation is 1. The molecule has 0 radical (unpaired) electrons. The van der Waals surface area contributed by atoms with Crippen molar-refractivity contribution in [2.45, 2.75) is 44.2 Å². The molecule has 3 rings (SSSR count). The second kappa shape index (κ2) is 7.07. The zero-order valence-corrected chi connectivity index (χ0v) is 15.4. The highest BCUT2D eigenvalue weighted by molar-refractivity contribution is 8.00. The van der Waals surface area contributed by atoms with E-state index in [0.29, 0.717) is 43.4 Å². The highest BCUT2D eigenvalue weighted by Crippen LogP contribution is 2.39. The van der Waals surface area contributed by atoms with E-state index in [4.69, 9.17) is 0 Å². The first-order valence-electron chi connectivity index (χ1n) is 8.63. The number of aromatic nitrogens is 2. The summed E-state index contributed by atoms with van der Waals surface area (Å²) in [6.45, 7) is 4.87. The van der Waals surface area contributed by atoms with Crippen LogP contribution in [-0.2, 0) is 16.1 Å². The average molecular weight is 369 g/mol. The molecule has 0 bridgehead atoms. The molecule has 8 heteroatoms. The SMILES string of the molecule is Cc1cc(=O)n(C(C)(SCC2CC2)C(=O)O)nc1CCN1CC(F)C1. The van der Waals surface area contributed by atoms with Gasteiger partial charge < -0.3 is 5.11 Å². The summed E-state index contributed by atoms with van der Waals surface area (Å²) in [5.74, 6) is 0.195. The van der Waals surface area contributed by atoms with Gasteiger partial charge in [0.1, 0.15) is 6.17 Å². The monoisotopic (exact) mass is 369 g/mol. The van der Waals surface area contributed by atoms with E-state index in [9.17, 15) is 19.1 Å². The molecule has 2 fully saturated rings. The second-order valence-corrected chi connectivity index (χ2v) is 8.59. The molecular formula is C17H24FN3O3S. The Balaban J connectivity index is 1.81. The van der Waals surface area contributed by atoms with E-state index in [1.165, 1.54) is 17.8 Å². The summed E-state index contributed by atoms with van der Waals surface area (Å²) < 4.78 is 14.0. The molecule has 0 amide bonds. The van der Waals surface area contributed by atoms with Crippen molar-refractivity contribution in [3.63, 3.8) is 0 Å². The molecule has 1 aromatic heterocycles. The van der Waals surface area contributed by atoms with Crippen molar-refractivity contribution in [3.05, 3.63) is 27.7 Å². The van der Waals surface area contributed by atoms with E-state index in [1.54, 1.807) is 13.8 Å². The fourth-order valence-electron chi connectivity index (χ4n) is 2.86. The summed E-state index contributed by atoms with van der Waals surface area (Å²) in [5.41, 5.74) is 1.04. The molecule has 2 aliphatic rings. The molecule has 6 nitrogen and oxygen atoms in total. The lowest BCUT2D eigenvalue weighted by Gasteiger charge is -2.34. The van der Waals surface area contributed by atoms with Gasteiger partial charge in [0.15, 0.2) is 0 Å². The Kier molecular flexibility index (Phi) is 5.20. The average Bonchev–Trinajstić information content (AvgIpc) is 3.33. The highest BCUT2D eigenvalue weighted by Gasteiger charge is 2.40. The third kappa shape index (κ3) is 4.06. The van der Waals surface area contributed by atoms with Gasteiger partial charge in [0.25, 0.3) is 5.56 Å². The fourth-order valence-corrected chi connectivity index (χ4v) is 4.13. The molecule has 0 aromatic carbocycles. The lowest BCUT2D eigenvalue weighted by Crippen LogP contribution is -2.49. The maximum absolute atomic E-state index is 12.9. The number of carboxylic acid groups (broad SMARTS) is 1. The van der Waals surface area contributed by atoms with Gasteiger partial charge in [-0.15, -0.1) is 11.8 Å². The molecular weight excluding hydrogens is 345 g/mol. The van der Waals surface area contributed by atoms with Gasteiger partial charge in [-0.1, -0.05) is 0 Å². The van der Waals surface area contributed by atoms with Crippen LogP contribution >= 0.6 is 11.8 Å². The number of carbonyl (C=O) groups is 1. The summed E-state index contributed by atoms with van der Waals surface area (Å²) in [4.78, 5) is 24.9.